The van der Waals surface area contributed by atoms with E-state index in [0.717, 1.165) is 4.88 Å². The van der Waals surface area contributed by atoms with Gasteiger partial charge in [0.05, 0.1) is 0 Å². The van der Waals surface area contributed by atoms with Gasteiger partial charge in [-0.1, -0.05) is 33.8 Å². The molecule has 0 bridgehead atoms. The van der Waals surface area contributed by atoms with Crippen LogP contribution in [0.1, 0.15) is 38.6 Å². The van der Waals surface area contributed by atoms with Gasteiger partial charge in [-0.25, -0.2) is 0 Å². The highest BCUT2D eigenvalue weighted by Crippen LogP contribution is 2.20. The SMILES string of the molecule is CC(C)C(CNC(=O)C(N)c1cccs1)C(C)C. The molecule has 0 aromatic carbocycles. The van der Waals surface area contributed by atoms with E-state index in [1.165, 1.54) is 11.3 Å². The zero-order chi connectivity index (χ0) is 13.7. The lowest BCUT2D eigenvalue weighted by molar-refractivity contribution is -0.122. The topological polar surface area (TPSA) is 55.1 Å². The third kappa shape index (κ3) is 4.10. The zero-order valence-corrected chi connectivity index (χ0v) is 12.5. The molecule has 0 fully saturated rings. The van der Waals surface area contributed by atoms with Gasteiger partial charge in [0, 0.05) is 11.4 Å². The van der Waals surface area contributed by atoms with E-state index < -0.39 is 6.04 Å². The molecule has 0 saturated heterocycles. The molecule has 3 nitrogen and oxygen atoms in total. The van der Waals surface area contributed by atoms with Crippen LogP contribution in [0, 0.1) is 17.8 Å². The largest absolute Gasteiger partial charge is 0.354 e. The fraction of sp³-hybridized carbons (Fsp3) is 0.643. The molecule has 1 atom stereocenters. The maximum atomic E-state index is 12.0. The number of nitrogens with two attached hydrogens (primary N) is 1. The fourth-order valence-electron chi connectivity index (χ4n) is 2.17. The summed E-state index contributed by atoms with van der Waals surface area (Å²) in [4.78, 5) is 12.9. The second-order valence-corrected chi connectivity index (χ2v) is 6.37. The summed E-state index contributed by atoms with van der Waals surface area (Å²) in [6.07, 6.45) is 0. The van der Waals surface area contributed by atoms with Crippen LogP contribution in [0.3, 0.4) is 0 Å². The molecule has 0 aliphatic rings. The second kappa shape index (κ2) is 6.90. The van der Waals surface area contributed by atoms with Crippen molar-refractivity contribution >= 4 is 17.2 Å². The van der Waals surface area contributed by atoms with Crippen molar-refractivity contribution < 1.29 is 4.79 Å². The van der Waals surface area contributed by atoms with Gasteiger partial charge in [-0.05, 0) is 29.2 Å². The van der Waals surface area contributed by atoms with Crippen molar-refractivity contribution in [1.29, 1.82) is 0 Å². The minimum atomic E-state index is -0.537. The Kier molecular flexibility index (Phi) is 5.82. The molecule has 1 heterocycles. The summed E-state index contributed by atoms with van der Waals surface area (Å²) in [6.45, 7) is 9.46. The molecular weight excluding hydrogens is 244 g/mol. The lowest BCUT2D eigenvalue weighted by atomic mass is 9.85. The molecule has 1 aromatic rings. The predicted molar refractivity (Wildman–Crippen MR) is 77.4 cm³/mol. The molecule has 0 saturated carbocycles. The maximum Gasteiger partial charge on any atom is 0.242 e. The quantitative estimate of drug-likeness (QED) is 0.833. The summed E-state index contributed by atoms with van der Waals surface area (Å²) < 4.78 is 0. The van der Waals surface area contributed by atoms with E-state index in [4.69, 9.17) is 5.73 Å². The molecule has 0 radical (unpaired) electrons. The Labute approximate surface area is 114 Å². The molecule has 1 rings (SSSR count). The number of amides is 1. The van der Waals surface area contributed by atoms with Crippen LogP contribution in [-0.2, 0) is 4.79 Å². The first-order valence-electron chi connectivity index (χ1n) is 6.50. The molecule has 4 heteroatoms. The van der Waals surface area contributed by atoms with E-state index in [9.17, 15) is 4.79 Å². The van der Waals surface area contributed by atoms with Gasteiger partial charge in [0.15, 0.2) is 0 Å². The van der Waals surface area contributed by atoms with E-state index in [1.807, 2.05) is 17.5 Å². The molecule has 1 aromatic heterocycles. The number of carbonyl (C=O) groups excluding carboxylic acids is 1. The first kappa shape index (κ1) is 15.2. The third-order valence-corrected chi connectivity index (χ3v) is 4.31. The van der Waals surface area contributed by atoms with E-state index in [-0.39, 0.29) is 5.91 Å². The molecule has 18 heavy (non-hydrogen) atoms. The first-order valence-corrected chi connectivity index (χ1v) is 7.38. The molecule has 1 amide bonds. The van der Waals surface area contributed by atoms with E-state index >= 15 is 0 Å². The summed E-state index contributed by atoms with van der Waals surface area (Å²) in [5.41, 5.74) is 5.92. The van der Waals surface area contributed by atoms with Crippen molar-refractivity contribution in [3.8, 4) is 0 Å². The standard InChI is InChI=1S/C14H24N2OS/c1-9(2)11(10(3)4)8-16-14(17)13(15)12-6-5-7-18-12/h5-7,9-11,13H,8,15H2,1-4H3,(H,16,17). The van der Waals surface area contributed by atoms with Crippen molar-refractivity contribution in [2.45, 2.75) is 33.7 Å². The lowest BCUT2D eigenvalue weighted by Gasteiger charge is -2.25. The van der Waals surface area contributed by atoms with Crippen LogP contribution in [-0.4, -0.2) is 12.5 Å². The smallest absolute Gasteiger partial charge is 0.242 e. The van der Waals surface area contributed by atoms with Crippen molar-refractivity contribution in [2.75, 3.05) is 6.54 Å². The molecule has 0 aliphatic heterocycles. The molecule has 102 valence electrons. The number of rotatable bonds is 6. The number of nitrogens with one attached hydrogen (secondary N) is 1. The van der Waals surface area contributed by atoms with Crippen LogP contribution in [0.15, 0.2) is 17.5 Å². The average Bonchev–Trinajstić information content (AvgIpc) is 2.80. The van der Waals surface area contributed by atoms with Crippen LogP contribution in [0.2, 0.25) is 0 Å². The highest BCUT2D eigenvalue weighted by Gasteiger charge is 2.21. The van der Waals surface area contributed by atoms with Crippen molar-refractivity contribution in [1.82, 2.24) is 5.32 Å². The van der Waals surface area contributed by atoms with E-state index in [1.54, 1.807) is 0 Å². The molecular formula is C14H24N2OS. The Hall–Kier alpha value is -0.870. The Morgan fingerprint density at radius 3 is 2.39 bits per heavy atom. The summed E-state index contributed by atoms with van der Waals surface area (Å²) in [5, 5.41) is 4.91. The predicted octanol–water partition coefficient (Wildman–Crippen LogP) is 2.79. The summed E-state index contributed by atoms with van der Waals surface area (Å²) in [6, 6.07) is 3.28. The van der Waals surface area contributed by atoms with Gasteiger partial charge in [-0.3, -0.25) is 4.79 Å². The Bertz CT molecular complexity index is 352. The average molecular weight is 268 g/mol. The fourth-order valence-corrected chi connectivity index (χ4v) is 2.89. The second-order valence-electron chi connectivity index (χ2n) is 5.39. The van der Waals surface area contributed by atoms with Gasteiger partial charge < -0.3 is 11.1 Å². The molecule has 0 spiro atoms. The Morgan fingerprint density at radius 1 is 1.33 bits per heavy atom. The van der Waals surface area contributed by atoms with Crippen LogP contribution in [0.25, 0.3) is 0 Å². The summed E-state index contributed by atoms with van der Waals surface area (Å²) in [5.74, 6) is 1.53. The van der Waals surface area contributed by atoms with Crippen molar-refractivity contribution in [3.05, 3.63) is 22.4 Å². The van der Waals surface area contributed by atoms with Gasteiger partial charge >= 0.3 is 0 Å². The van der Waals surface area contributed by atoms with Crippen molar-refractivity contribution in [2.24, 2.45) is 23.5 Å². The third-order valence-electron chi connectivity index (χ3n) is 3.36. The summed E-state index contributed by atoms with van der Waals surface area (Å²) in [7, 11) is 0. The van der Waals surface area contributed by atoms with Crippen LogP contribution in [0.5, 0.6) is 0 Å². The normalized spacial score (nSPS) is 13.3. The number of carbonyl (C=O) groups is 1. The summed E-state index contributed by atoms with van der Waals surface area (Å²) >= 11 is 1.52. The van der Waals surface area contributed by atoms with E-state index in [0.29, 0.717) is 24.3 Å². The van der Waals surface area contributed by atoms with Crippen LogP contribution in [0.4, 0.5) is 0 Å². The first-order chi connectivity index (χ1) is 8.43. The lowest BCUT2D eigenvalue weighted by Crippen LogP contribution is -2.39. The van der Waals surface area contributed by atoms with Crippen LogP contribution < -0.4 is 11.1 Å². The number of thiophene rings is 1. The van der Waals surface area contributed by atoms with Gasteiger partial charge in [0.2, 0.25) is 5.91 Å². The number of hydrogen-bond donors (Lipinski definition) is 2. The highest BCUT2D eigenvalue weighted by molar-refractivity contribution is 7.10. The molecule has 1 unspecified atom stereocenters. The maximum absolute atomic E-state index is 12.0. The molecule has 3 N–H and O–H groups in total. The highest BCUT2D eigenvalue weighted by atomic mass is 32.1. The molecule has 0 aliphatic carbocycles. The Morgan fingerprint density at radius 2 is 1.94 bits per heavy atom. The monoisotopic (exact) mass is 268 g/mol. The van der Waals surface area contributed by atoms with Gasteiger partial charge in [-0.15, -0.1) is 11.3 Å². The van der Waals surface area contributed by atoms with Crippen molar-refractivity contribution in [3.63, 3.8) is 0 Å². The van der Waals surface area contributed by atoms with Gasteiger partial charge in [-0.2, -0.15) is 0 Å². The van der Waals surface area contributed by atoms with E-state index in [2.05, 4.69) is 33.0 Å². The van der Waals surface area contributed by atoms with Gasteiger partial charge in [0.25, 0.3) is 0 Å². The van der Waals surface area contributed by atoms with Crippen LogP contribution >= 0.6 is 11.3 Å². The van der Waals surface area contributed by atoms with Gasteiger partial charge in [0.1, 0.15) is 6.04 Å². The minimum Gasteiger partial charge on any atom is -0.354 e. The zero-order valence-electron chi connectivity index (χ0n) is 11.6. The minimum absolute atomic E-state index is 0.0799. The number of hydrogen-bond acceptors (Lipinski definition) is 3. The Balaban J connectivity index is 2.50.